The number of rotatable bonds is 5. The molecule has 1 fully saturated rings. The van der Waals surface area contributed by atoms with Gasteiger partial charge in [0.15, 0.2) is 0 Å². The molecule has 1 aliphatic rings. The summed E-state index contributed by atoms with van der Waals surface area (Å²) in [6.45, 7) is 7.52. The van der Waals surface area contributed by atoms with Crippen molar-refractivity contribution in [2.75, 3.05) is 13.1 Å². The maximum Gasteiger partial charge on any atom is 0.124 e. The number of nitrogens with one attached hydrogen (secondary N) is 1. The SMILES string of the molecule is CC(C)Cn1cc(CN2CCC(O)(c3cn[nH]n3)C2)cn1. The summed E-state index contributed by atoms with van der Waals surface area (Å²) in [4.78, 5) is 2.23. The zero-order chi connectivity index (χ0) is 14.9. The quantitative estimate of drug-likeness (QED) is 0.849. The van der Waals surface area contributed by atoms with Crippen molar-refractivity contribution in [3.05, 3.63) is 29.8 Å². The van der Waals surface area contributed by atoms with Crippen LogP contribution in [0, 0.1) is 5.92 Å². The van der Waals surface area contributed by atoms with Gasteiger partial charge < -0.3 is 5.11 Å². The van der Waals surface area contributed by atoms with Crippen LogP contribution in [0.3, 0.4) is 0 Å². The lowest BCUT2D eigenvalue weighted by molar-refractivity contribution is 0.0409. The minimum Gasteiger partial charge on any atom is -0.382 e. The second-order valence-corrected chi connectivity index (χ2v) is 6.31. The molecular weight excluding hydrogens is 268 g/mol. The lowest BCUT2D eigenvalue weighted by Gasteiger charge is -2.20. The second-order valence-electron chi connectivity index (χ2n) is 6.31. The van der Waals surface area contributed by atoms with Crippen LogP contribution in [-0.4, -0.2) is 48.3 Å². The molecule has 0 bridgehead atoms. The van der Waals surface area contributed by atoms with E-state index in [0.717, 1.165) is 19.6 Å². The molecule has 0 saturated carbocycles. The molecule has 3 rings (SSSR count). The van der Waals surface area contributed by atoms with Crippen LogP contribution < -0.4 is 0 Å². The first-order chi connectivity index (χ1) is 10.0. The highest BCUT2D eigenvalue weighted by Gasteiger charge is 2.39. The molecule has 3 heterocycles. The number of likely N-dealkylation sites (tertiary alicyclic amines) is 1. The van der Waals surface area contributed by atoms with Gasteiger partial charge in [0.1, 0.15) is 11.3 Å². The zero-order valence-corrected chi connectivity index (χ0v) is 12.5. The van der Waals surface area contributed by atoms with Crippen LogP contribution in [0.15, 0.2) is 18.6 Å². The van der Waals surface area contributed by atoms with Crippen molar-refractivity contribution in [3.63, 3.8) is 0 Å². The molecule has 7 nitrogen and oxygen atoms in total. The predicted molar refractivity (Wildman–Crippen MR) is 77.2 cm³/mol. The number of hydrogen-bond donors (Lipinski definition) is 2. The average Bonchev–Trinajstić information content (AvgIpc) is 3.11. The molecule has 0 spiro atoms. The van der Waals surface area contributed by atoms with Gasteiger partial charge in [0, 0.05) is 37.9 Å². The number of nitrogens with zero attached hydrogens (tertiary/aromatic N) is 5. The lowest BCUT2D eigenvalue weighted by Crippen LogP contribution is -2.31. The largest absolute Gasteiger partial charge is 0.382 e. The second kappa shape index (κ2) is 5.57. The fourth-order valence-corrected chi connectivity index (χ4v) is 2.86. The smallest absolute Gasteiger partial charge is 0.124 e. The van der Waals surface area contributed by atoms with E-state index in [1.165, 1.54) is 5.56 Å². The van der Waals surface area contributed by atoms with Crippen molar-refractivity contribution in [2.45, 2.75) is 39.0 Å². The molecule has 0 aromatic carbocycles. The molecule has 2 aromatic rings. The van der Waals surface area contributed by atoms with Crippen LogP contribution in [-0.2, 0) is 18.7 Å². The summed E-state index contributed by atoms with van der Waals surface area (Å²) in [6.07, 6.45) is 6.28. The third-order valence-electron chi connectivity index (χ3n) is 3.86. The van der Waals surface area contributed by atoms with Gasteiger partial charge in [0.25, 0.3) is 0 Å². The van der Waals surface area contributed by atoms with Gasteiger partial charge in [-0.3, -0.25) is 9.58 Å². The molecular formula is C14H22N6O. The van der Waals surface area contributed by atoms with E-state index in [1.54, 1.807) is 6.20 Å². The fraction of sp³-hybridized carbons (Fsp3) is 0.643. The van der Waals surface area contributed by atoms with E-state index in [-0.39, 0.29) is 0 Å². The van der Waals surface area contributed by atoms with Gasteiger partial charge in [0.05, 0.1) is 12.4 Å². The van der Waals surface area contributed by atoms with Gasteiger partial charge in [-0.15, -0.1) is 0 Å². The Hall–Kier alpha value is -1.73. The van der Waals surface area contributed by atoms with E-state index >= 15 is 0 Å². The molecule has 114 valence electrons. The van der Waals surface area contributed by atoms with E-state index in [2.05, 4.69) is 45.5 Å². The summed E-state index contributed by atoms with van der Waals surface area (Å²) in [5.41, 5.74) is 0.918. The Morgan fingerprint density at radius 1 is 1.43 bits per heavy atom. The molecule has 0 radical (unpaired) electrons. The molecule has 1 atom stereocenters. The Balaban J connectivity index is 1.61. The van der Waals surface area contributed by atoms with Crippen LogP contribution in [0.5, 0.6) is 0 Å². The first-order valence-electron chi connectivity index (χ1n) is 7.37. The van der Waals surface area contributed by atoms with Gasteiger partial charge in [0.2, 0.25) is 0 Å². The van der Waals surface area contributed by atoms with E-state index < -0.39 is 5.60 Å². The van der Waals surface area contributed by atoms with Crippen molar-refractivity contribution in [1.82, 2.24) is 30.1 Å². The molecule has 2 aromatic heterocycles. The standard InChI is InChI=1S/C14H22N6O/c1-11(2)7-20-9-12(5-16-20)8-19-4-3-14(21,10-19)13-6-15-18-17-13/h5-6,9,11,21H,3-4,7-8,10H2,1-2H3,(H,15,17,18). The minimum atomic E-state index is -0.888. The summed E-state index contributed by atoms with van der Waals surface area (Å²) in [5.74, 6) is 0.585. The van der Waals surface area contributed by atoms with Gasteiger partial charge in [-0.1, -0.05) is 13.8 Å². The van der Waals surface area contributed by atoms with Crippen LogP contribution in [0.4, 0.5) is 0 Å². The number of hydrogen-bond acceptors (Lipinski definition) is 5. The average molecular weight is 290 g/mol. The van der Waals surface area contributed by atoms with Gasteiger partial charge in [-0.05, 0) is 12.3 Å². The molecule has 1 saturated heterocycles. The summed E-state index contributed by atoms with van der Waals surface area (Å²) in [5, 5.41) is 25.4. The first kappa shape index (κ1) is 14.2. The Morgan fingerprint density at radius 2 is 2.29 bits per heavy atom. The van der Waals surface area contributed by atoms with Crippen molar-refractivity contribution in [3.8, 4) is 0 Å². The monoisotopic (exact) mass is 290 g/mol. The van der Waals surface area contributed by atoms with E-state index in [9.17, 15) is 5.11 Å². The first-order valence-corrected chi connectivity index (χ1v) is 7.37. The molecule has 0 aliphatic carbocycles. The Morgan fingerprint density at radius 3 is 3.00 bits per heavy atom. The Bertz CT molecular complexity index is 578. The normalized spacial score (nSPS) is 23.2. The highest BCUT2D eigenvalue weighted by molar-refractivity contribution is 5.12. The summed E-state index contributed by atoms with van der Waals surface area (Å²) in [6, 6.07) is 0. The highest BCUT2D eigenvalue weighted by Crippen LogP contribution is 2.30. The third-order valence-corrected chi connectivity index (χ3v) is 3.86. The van der Waals surface area contributed by atoms with Crippen LogP contribution in [0.1, 0.15) is 31.5 Å². The number of β-amino-alcohol motifs (C(OH)–C–C–N with tert-alkyl or cyclic N) is 1. The van der Waals surface area contributed by atoms with Gasteiger partial charge in [-0.2, -0.15) is 20.5 Å². The number of aromatic nitrogens is 5. The molecule has 2 N–H and O–H groups in total. The third kappa shape index (κ3) is 3.14. The maximum atomic E-state index is 10.6. The molecule has 0 amide bonds. The topological polar surface area (TPSA) is 82.9 Å². The van der Waals surface area contributed by atoms with Crippen molar-refractivity contribution in [2.24, 2.45) is 5.92 Å². The Labute approximate surface area is 124 Å². The van der Waals surface area contributed by atoms with Crippen molar-refractivity contribution >= 4 is 0 Å². The van der Waals surface area contributed by atoms with E-state index in [0.29, 0.717) is 24.6 Å². The van der Waals surface area contributed by atoms with E-state index in [1.807, 2.05) is 10.9 Å². The molecule has 21 heavy (non-hydrogen) atoms. The lowest BCUT2D eigenvalue weighted by atomic mass is 10.00. The van der Waals surface area contributed by atoms with Crippen LogP contribution >= 0.6 is 0 Å². The summed E-state index contributed by atoms with van der Waals surface area (Å²) >= 11 is 0. The zero-order valence-electron chi connectivity index (χ0n) is 12.5. The number of aliphatic hydroxyl groups is 1. The van der Waals surface area contributed by atoms with Crippen molar-refractivity contribution < 1.29 is 5.11 Å². The molecule has 1 unspecified atom stereocenters. The predicted octanol–water partition coefficient (Wildman–Crippen LogP) is 0.751. The minimum absolute atomic E-state index is 0.578. The number of H-pyrrole nitrogens is 1. The van der Waals surface area contributed by atoms with Gasteiger partial charge >= 0.3 is 0 Å². The maximum absolute atomic E-state index is 10.6. The van der Waals surface area contributed by atoms with E-state index in [4.69, 9.17) is 0 Å². The van der Waals surface area contributed by atoms with Gasteiger partial charge in [-0.25, -0.2) is 0 Å². The highest BCUT2D eigenvalue weighted by atomic mass is 16.3. The van der Waals surface area contributed by atoms with Crippen LogP contribution in [0.2, 0.25) is 0 Å². The summed E-state index contributed by atoms with van der Waals surface area (Å²) < 4.78 is 1.99. The fourth-order valence-electron chi connectivity index (χ4n) is 2.86. The van der Waals surface area contributed by atoms with Crippen molar-refractivity contribution in [1.29, 1.82) is 0 Å². The molecule has 7 heteroatoms. The van der Waals surface area contributed by atoms with Crippen LogP contribution in [0.25, 0.3) is 0 Å². The Kier molecular flexibility index (Phi) is 3.77. The summed E-state index contributed by atoms with van der Waals surface area (Å²) in [7, 11) is 0. The number of aromatic amines is 1. The molecule has 1 aliphatic heterocycles.